The van der Waals surface area contributed by atoms with Crippen molar-refractivity contribution in [2.24, 2.45) is 0 Å². The summed E-state index contributed by atoms with van der Waals surface area (Å²) in [6.45, 7) is 0. The van der Waals surface area contributed by atoms with Crippen molar-refractivity contribution in [3.8, 4) is 0 Å². The van der Waals surface area contributed by atoms with Gasteiger partial charge in [-0.2, -0.15) is 24.3 Å². The number of hydrogen-bond acceptors (Lipinski definition) is 5. The van der Waals surface area contributed by atoms with E-state index in [9.17, 15) is 21.4 Å². The Morgan fingerprint density at radius 1 is 0.913 bits per heavy atom. The molecule has 2 rings (SSSR count). The molecule has 2 aromatic rings. The van der Waals surface area contributed by atoms with Gasteiger partial charge in [0.25, 0.3) is 0 Å². The van der Waals surface area contributed by atoms with E-state index in [1.54, 1.807) is 0 Å². The molecule has 0 unspecified atom stereocenters. The largest absolute Gasteiger partial charge is 1.00 e. The average Bonchev–Trinajstić information content (AvgIpc) is 2.38. The Kier molecular flexibility index (Phi) is 9.35. The van der Waals surface area contributed by atoms with Gasteiger partial charge in [0.05, 0.1) is 14.8 Å². The van der Waals surface area contributed by atoms with Gasteiger partial charge in [0, 0.05) is 0 Å². The van der Waals surface area contributed by atoms with Crippen LogP contribution in [0, 0.1) is 6.07 Å². The van der Waals surface area contributed by atoms with Gasteiger partial charge in [0.2, 0.25) is 0 Å². The predicted octanol–water partition coefficient (Wildman–Crippen LogP) is -3.46. The molecule has 0 atom stereocenters. The Labute approximate surface area is 188 Å². The van der Waals surface area contributed by atoms with Gasteiger partial charge in [0.15, 0.2) is 9.84 Å². The van der Waals surface area contributed by atoms with E-state index < -0.39 is 24.9 Å². The normalized spacial score (nSPS) is 11.3. The number of sulfone groups is 1. The molecule has 0 saturated carbocycles. The molecule has 0 aliphatic heterocycles. The van der Waals surface area contributed by atoms with Crippen molar-refractivity contribution in [1.29, 1.82) is 0 Å². The van der Waals surface area contributed by atoms with Gasteiger partial charge in [-0.05, 0) is 23.1 Å². The standard InChI is InChI=1S/C12H7Cl2O5S2.2Na/c13-8-1-3-9(4-2-8)20(15,16)10-5-6-11(14)12(7-10)21(17,18)19;;/h1,3-7H,(H,17,18,19);;/q-1;2*+1/p-1. The molecule has 0 amide bonds. The molecular formula is C12H6Cl2Na2O5S2. The van der Waals surface area contributed by atoms with Crippen LogP contribution < -0.4 is 59.1 Å². The fraction of sp³-hybridized carbons (Fsp3) is 0. The first-order valence-corrected chi connectivity index (χ1v) is 8.95. The second kappa shape index (κ2) is 9.00. The Bertz CT molecular complexity index is 898. The molecule has 0 radical (unpaired) electrons. The van der Waals surface area contributed by atoms with Gasteiger partial charge >= 0.3 is 59.1 Å². The van der Waals surface area contributed by atoms with Gasteiger partial charge in [-0.25, -0.2) is 16.8 Å². The summed E-state index contributed by atoms with van der Waals surface area (Å²) in [5, 5.41) is -0.112. The molecule has 11 heteroatoms. The third kappa shape index (κ3) is 5.69. The molecule has 0 aliphatic carbocycles. The maximum atomic E-state index is 12.3. The van der Waals surface area contributed by atoms with Gasteiger partial charge in [-0.3, -0.25) is 0 Å². The number of halogens is 2. The molecule has 0 spiro atoms. The van der Waals surface area contributed by atoms with E-state index in [1.807, 2.05) is 0 Å². The SMILES string of the molecule is O=S(=O)([O-])c1cc(S(=O)(=O)c2c[c-]c(Cl)cc2)ccc1Cl.[Na+].[Na+]. The third-order valence-corrected chi connectivity index (χ3v) is 5.84. The zero-order valence-electron chi connectivity index (χ0n) is 12.1. The summed E-state index contributed by atoms with van der Waals surface area (Å²) < 4.78 is 57.8. The van der Waals surface area contributed by atoms with Crippen molar-refractivity contribution in [1.82, 2.24) is 0 Å². The van der Waals surface area contributed by atoms with E-state index in [1.165, 1.54) is 12.1 Å². The third-order valence-electron chi connectivity index (χ3n) is 2.54. The first-order chi connectivity index (χ1) is 9.62. The quantitative estimate of drug-likeness (QED) is 0.298. The second-order valence-corrected chi connectivity index (χ2v) is 8.03. The van der Waals surface area contributed by atoms with Crippen LogP contribution in [0.2, 0.25) is 10.0 Å². The van der Waals surface area contributed by atoms with E-state index in [4.69, 9.17) is 23.2 Å². The summed E-state index contributed by atoms with van der Waals surface area (Å²) in [4.78, 5) is -1.29. The molecule has 0 bridgehead atoms. The summed E-state index contributed by atoms with van der Waals surface area (Å²) in [5.41, 5.74) is 0. The Balaban J connectivity index is 0.00000242. The maximum Gasteiger partial charge on any atom is 1.00 e. The molecule has 0 N–H and O–H groups in total. The summed E-state index contributed by atoms with van der Waals surface area (Å²) in [6.07, 6.45) is 0. The molecule has 112 valence electrons. The van der Waals surface area contributed by atoms with E-state index in [0.29, 0.717) is 0 Å². The molecular weight excluding hydrogens is 405 g/mol. The Morgan fingerprint density at radius 2 is 1.48 bits per heavy atom. The van der Waals surface area contributed by atoms with Crippen LogP contribution in [0.15, 0.2) is 51.1 Å². The van der Waals surface area contributed by atoms with Crippen molar-refractivity contribution in [3.63, 3.8) is 0 Å². The zero-order valence-corrected chi connectivity index (χ0v) is 19.2. The van der Waals surface area contributed by atoms with Crippen molar-refractivity contribution >= 4 is 43.2 Å². The number of rotatable bonds is 3. The fourth-order valence-electron chi connectivity index (χ4n) is 1.54. The van der Waals surface area contributed by atoms with Crippen LogP contribution in [0.1, 0.15) is 0 Å². The van der Waals surface area contributed by atoms with Crippen molar-refractivity contribution in [3.05, 3.63) is 52.5 Å². The first-order valence-electron chi connectivity index (χ1n) is 5.30. The van der Waals surface area contributed by atoms with Gasteiger partial charge in [-0.1, -0.05) is 16.6 Å². The van der Waals surface area contributed by atoms with Crippen LogP contribution in [-0.4, -0.2) is 21.4 Å². The van der Waals surface area contributed by atoms with Crippen LogP contribution in [0.5, 0.6) is 0 Å². The van der Waals surface area contributed by atoms with Crippen LogP contribution in [-0.2, 0) is 20.0 Å². The van der Waals surface area contributed by atoms with Crippen LogP contribution >= 0.6 is 23.2 Å². The van der Waals surface area contributed by atoms with E-state index in [-0.39, 0.29) is 79.0 Å². The molecule has 0 heterocycles. The minimum absolute atomic E-state index is 0. The molecule has 2 aromatic carbocycles. The average molecular weight is 411 g/mol. The summed E-state index contributed by atoms with van der Waals surface area (Å²) in [7, 11) is -8.89. The molecule has 0 fully saturated rings. The molecule has 23 heavy (non-hydrogen) atoms. The van der Waals surface area contributed by atoms with Crippen LogP contribution in [0.3, 0.4) is 0 Å². The minimum Gasteiger partial charge on any atom is -0.744 e. The smallest absolute Gasteiger partial charge is 0.744 e. The first kappa shape index (κ1) is 23.9. The van der Waals surface area contributed by atoms with E-state index in [0.717, 1.165) is 24.3 Å². The summed E-state index contributed by atoms with van der Waals surface area (Å²) in [6, 6.07) is 9.12. The number of benzene rings is 2. The van der Waals surface area contributed by atoms with E-state index >= 15 is 0 Å². The van der Waals surface area contributed by atoms with Gasteiger partial charge < -0.3 is 4.55 Å². The second-order valence-electron chi connectivity index (χ2n) is 3.92. The van der Waals surface area contributed by atoms with Gasteiger partial charge in [0.1, 0.15) is 10.1 Å². The molecule has 0 aliphatic rings. The Morgan fingerprint density at radius 3 is 1.96 bits per heavy atom. The predicted molar refractivity (Wildman–Crippen MR) is 75.2 cm³/mol. The monoisotopic (exact) mass is 410 g/mol. The molecule has 0 saturated heterocycles. The van der Waals surface area contributed by atoms with E-state index in [2.05, 4.69) is 6.07 Å². The minimum atomic E-state index is -4.88. The van der Waals surface area contributed by atoms with Gasteiger partial charge in [-0.15, -0.1) is 11.6 Å². The van der Waals surface area contributed by atoms with Crippen molar-refractivity contribution < 1.29 is 80.5 Å². The van der Waals surface area contributed by atoms with Crippen LogP contribution in [0.25, 0.3) is 0 Å². The van der Waals surface area contributed by atoms with Crippen molar-refractivity contribution in [2.45, 2.75) is 14.7 Å². The maximum absolute atomic E-state index is 12.3. The van der Waals surface area contributed by atoms with Crippen LogP contribution in [0.4, 0.5) is 0 Å². The topological polar surface area (TPSA) is 91.3 Å². The van der Waals surface area contributed by atoms with Crippen molar-refractivity contribution in [2.75, 3.05) is 0 Å². The molecule has 0 aromatic heterocycles. The summed E-state index contributed by atoms with van der Waals surface area (Å²) in [5.74, 6) is 0. The zero-order chi connectivity index (χ0) is 15.8. The Hall–Kier alpha value is 0.880. The fourth-order valence-corrected chi connectivity index (χ4v) is 3.96. The summed E-state index contributed by atoms with van der Waals surface area (Å²) >= 11 is 11.2. The molecule has 5 nitrogen and oxygen atoms in total. The number of hydrogen-bond donors (Lipinski definition) is 0.